The SMILES string of the molecule is COc1ccc(CNC(C)c2cscn2)cc1OC. The molecule has 0 saturated carbocycles. The van der Waals surface area contributed by atoms with E-state index in [-0.39, 0.29) is 6.04 Å². The summed E-state index contributed by atoms with van der Waals surface area (Å²) in [6, 6.07) is 6.17. The Hall–Kier alpha value is -1.59. The van der Waals surface area contributed by atoms with E-state index in [0.717, 1.165) is 29.3 Å². The van der Waals surface area contributed by atoms with E-state index in [2.05, 4.69) is 22.6 Å². The van der Waals surface area contributed by atoms with E-state index in [1.807, 2.05) is 23.7 Å². The molecule has 0 spiro atoms. The van der Waals surface area contributed by atoms with Gasteiger partial charge in [-0.1, -0.05) is 6.07 Å². The molecule has 2 aromatic rings. The first-order valence-electron chi connectivity index (χ1n) is 6.07. The fourth-order valence-electron chi connectivity index (χ4n) is 1.80. The number of methoxy groups -OCH3 is 2. The molecule has 1 atom stereocenters. The van der Waals surface area contributed by atoms with Gasteiger partial charge in [-0.3, -0.25) is 0 Å². The molecule has 102 valence electrons. The van der Waals surface area contributed by atoms with E-state index >= 15 is 0 Å². The molecule has 1 unspecified atom stereocenters. The minimum absolute atomic E-state index is 0.236. The van der Waals surface area contributed by atoms with Crippen molar-refractivity contribution in [2.75, 3.05) is 14.2 Å². The monoisotopic (exact) mass is 278 g/mol. The number of hydrogen-bond donors (Lipinski definition) is 1. The minimum Gasteiger partial charge on any atom is -0.493 e. The molecule has 0 radical (unpaired) electrons. The molecule has 0 aliphatic heterocycles. The van der Waals surface area contributed by atoms with Gasteiger partial charge in [0, 0.05) is 18.0 Å². The number of hydrogen-bond acceptors (Lipinski definition) is 5. The van der Waals surface area contributed by atoms with Crippen LogP contribution in [0.2, 0.25) is 0 Å². The first-order chi connectivity index (χ1) is 9.24. The largest absolute Gasteiger partial charge is 0.493 e. The Bertz CT molecular complexity index is 514. The molecule has 1 aromatic carbocycles. The third-order valence-electron chi connectivity index (χ3n) is 2.96. The van der Waals surface area contributed by atoms with Crippen molar-refractivity contribution in [3.63, 3.8) is 0 Å². The van der Waals surface area contributed by atoms with E-state index < -0.39 is 0 Å². The Balaban J connectivity index is 1.99. The molecule has 0 bridgehead atoms. The van der Waals surface area contributed by atoms with Crippen molar-refractivity contribution in [1.82, 2.24) is 10.3 Å². The van der Waals surface area contributed by atoms with Crippen LogP contribution < -0.4 is 14.8 Å². The number of benzene rings is 1. The molecule has 2 rings (SSSR count). The van der Waals surface area contributed by atoms with Crippen LogP contribution in [0.25, 0.3) is 0 Å². The lowest BCUT2D eigenvalue weighted by Gasteiger charge is -2.13. The fourth-order valence-corrected chi connectivity index (χ4v) is 2.45. The number of aromatic nitrogens is 1. The van der Waals surface area contributed by atoms with Gasteiger partial charge in [0.1, 0.15) is 0 Å². The van der Waals surface area contributed by atoms with Gasteiger partial charge in [0.15, 0.2) is 11.5 Å². The zero-order chi connectivity index (χ0) is 13.7. The third-order valence-corrected chi connectivity index (χ3v) is 3.56. The average molecular weight is 278 g/mol. The average Bonchev–Trinajstić information content (AvgIpc) is 2.98. The van der Waals surface area contributed by atoms with E-state index in [4.69, 9.17) is 9.47 Å². The second-order valence-electron chi connectivity index (χ2n) is 4.21. The summed E-state index contributed by atoms with van der Waals surface area (Å²) in [5, 5.41) is 5.50. The second kappa shape index (κ2) is 6.54. The maximum absolute atomic E-state index is 5.29. The van der Waals surface area contributed by atoms with E-state index in [1.54, 1.807) is 25.6 Å². The molecule has 0 amide bonds. The molecule has 5 heteroatoms. The van der Waals surface area contributed by atoms with Gasteiger partial charge in [0.2, 0.25) is 0 Å². The lowest BCUT2D eigenvalue weighted by Crippen LogP contribution is -2.18. The lowest BCUT2D eigenvalue weighted by atomic mass is 10.2. The molecule has 0 fully saturated rings. The summed E-state index contributed by atoms with van der Waals surface area (Å²) in [5.74, 6) is 1.50. The Morgan fingerprint density at radius 1 is 1.26 bits per heavy atom. The standard InChI is InChI=1S/C14H18N2O2S/c1-10(12-8-19-9-16-12)15-7-11-4-5-13(17-2)14(6-11)18-3/h4-6,8-10,15H,7H2,1-3H3. The van der Waals surface area contributed by atoms with Gasteiger partial charge in [0.05, 0.1) is 25.4 Å². The van der Waals surface area contributed by atoms with E-state index in [0.29, 0.717) is 0 Å². The highest BCUT2D eigenvalue weighted by Crippen LogP contribution is 2.27. The van der Waals surface area contributed by atoms with Crippen LogP contribution in [0.3, 0.4) is 0 Å². The fraction of sp³-hybridized carbons (Fsp3) is 0.357. The summed E-state index contributed by atoms with van der Waals surface area (Å²) in [5.41, 5.74) is 4.08. The van der Waals surface area contributed by atoms with Gasteiger partial charge in [-0.15, -0.1) is 11.3 Å². The van der Waals surface area contributed by atoms with Crippen molar-refractivity contribution in [2.45, 2.75) is 19.5 Å². The second-order valence-corrected chi connectivity index (χ2v) is 4.92. The normalized spacial score (nSPS) is 12.2. The quantitative estimate of drug-likeness (QED) is 0.882. The number of ether oxygens (including phenoxy) is 2. The van der Waals surface area contributed by atoms with Gasteiger partial charge < -0.3 is 14.8 Å². The zero-order valence-corrected chi connectivity index (χ0v) is 12.2. The minimum atomic E-state index is 0.236. The highest BCUT2D eigenvalue weighted by molar-refractivity contribution is 7.07. The van der Waals surface area contributed by atoms with Crippen molar-refractivity contribution in [3.05, 3.63) is 40.3 Å². The molecule has 0 aliphatic carbocycles. The van der Waals surface area contributed by atoms with Crippen molar-refractivity contribution < 1.29 is 9.47 Å². The Morgan fingerprint density at radius 2 is 2.05 bits per heavy atom. The number of nitrogens with one attached hydrogen (secondary N) is 1. The van der Waals surface area contributed by atoms with Crippen LogP contribution >= 0.6 is 11.3 Å². The van der Waals surface area contributed by atoms with E-state index in [9.17, 15) is 0 Å². The maximum Gasteiger partial charge on any atom is 0.161 e. The number of rotatable bonds is 6. The van der Waals surface area contributed by atoms with Gasteiger partial charge in [-0.05, 0) is 24.6 Å². The van der Waals surface area contributed by atoms with Crippen LogP contribution in [0, 0.1) is 0 Å². The van der Waals surface area contributed by atoms with Crippen molar-refractivity contribution in [3.8, 4) is 11.5 Å². The van der Waals surface area contributed by atoms with Gasteiger partial charge in [-0.25, -0.2) is 4.98 Å². The smallest absolute Gasteiger partial charge is 0.161 e. The third kappa shape index (κ3) is 3.45. The molecular weight excluding hydrogens is 260 g/mol. The highest BCUT2D eigenvalue weighted by Gasteiger charge is 2.08. The van der Waals surface area contributed by atoms with Gasteiger partial charge in [0.25, 0.3) is 0 Å². The van der Waals surface area contributed by atoms with Crippen molar-refractivity contribution in [2.24, 2.45) is 0 Å². The summed E-state index contributed by atoms with van der Waals surface area (Å²) in [7, 11) is 3.28. The summed E-state index contributed by atoms with van der Waals surface area (Å²) >= 11 is 1.61. The van der Waals surface area contributed by atoms with Crippen LogP contribution in [0.15, 0.2) is 29.1 Å². The van der Waals surface area contributed by atoms with E-state index in [1.165, 1.54) is 0 Å². The molecule has 1 N–H and O–H groups in total. The summed E-state index contributed by atoms with van der Waals surface area (Å²) in [6.07, 6.45) is 0. The molecule has 0 aliphatic rings. The molecule has 1 aromatic heterocycles. The molecule has 4 nitrogen and oxygen atoms in total. The lowest BCUT2D eigenvalue weighted by molar-refractivity contribution is 0.354. The Morgan fingerprint density at radius 3 is 2.68 bits per heavy atom. The van der Waals surface area contributed by atoms with Crippen LogP contribution in [0.5, 0.6) is 11.5 Å². The molecule has 0 saturated heterocycles. The van der Waals surface area contributed by atoms with Crippen molar-refractivity contribution in [1.29, 1.82) is 0 Å². The summed E-state index contributed by atoms with van der Waals surface area (Å²) in [4.78, 5) is 4.30. The number of thiazole rings is 1. The first-order valence-corrected chi connectivity index (χ1v) is 7.01. The van der Waals surface area contributed by atoms with Crippen molar-refractivity contribution >= 4 is 11.3 Å². The summed E-state index contributed by atoms with van der Waals surface area (Å²) in [6.45, 7) is 2.87. The molecule has 1 heterocycles. The van der Waals surface area contributed by atoms with Crippen LogP contribution in [-0.4, -0.2) is 19.2 Å². The zero-order valence-electron chi connectivity index (χ0n) is 11.3. The number of nitrogens with zero attached hydrogens (tertiary/aromatic N) is 1. The topological polar surface area (TPSA) is 43.4 Å². The molecular formula is C14H18N2O2S. The van der Waals surface area contributed by atoms with Crippen LogP contribution in [0.4, 0.5) is 0 Å². The molecule has 19 heavy (non-hydrogen) atoms. The highest BCUT2D eigenvalue weighted by atomic mass is 32.1. The predicted octanol–water partition coefficient (Wildman–Crippen LogP) is 3.01. The Kier molecular flexibility index (Phi) is 4.76. The predicted molar refractivity (Wildman–Crippen MR) is 76.9 cm³/mol. The Labute approximate surface area is 117 Å². The first kappa shape index (κ1) is 13.8. The van der Waals surface area contributed by atoms with Crippen LogP contribution in [0.1, 0.15) is 24.2 Å². The van der Waals surface area contributed by atoms with Gasteiger partial charge >= 0.3 is 0 Å². The van der Waals surface area contributed by atoms with Crippen LogP contribution in [-0.2, 0) is 6.54 Å². The van der Waals surface area contributed by atoms with Gasteiger partial charge in [-0.2, -0.15) is 0 Å². The maximum atomic E-state index is 5.29. The summed E-state index contributed by atoms with van der Waals surface area (Å²) < 4.78 is 10.5.